The van der Waals surface area contributed by atoms with Crippen molar-refractivity contribution in [3.63, 3.8) is 0 Å². The van der Waals surface area contributed by atoms with Crippen molar-refractivity contribution in [3.05, 3.63) is 18.2 Å². The summed E-state index contributed by atoms with van der Waals surface area (Å²) in [4.78, 5) is 14.3. The number of ether oxygens (including phenoxy) is 2. The van der Waals surface area contributed by atoms with Gasteiger partial charge in [-0.25, -0.2) is 0 Å². The number of halogens is 2. The normalized spacial score (nSPS) is 16.6. The Balaban J connectivity index is 0.00000312. The number of nitrogens with zero attached hydrogens (tertiary/aromatic N) is 1. The molecular weight excluding hydrogens is 377 g/mol. The number of amides is 1. The molecule has 0 aromatic heterocycles. The van der Waals surface area contributed by atoms with Crippen molar-refractivity contribution in [3.8, 4) is 11.5 Å². The molecule has 6 nitrogen and oxygen atoms in total. The zero-order valence-electron chi connectivity index (χ0n) is 15.9. The Morgan fingerprint density at radius 2 is 1.62 bits per heavy atom. The van der Waals surface area contributed by atoms with E-state index in [4.69, 9.17) is 15.2 Å². The van der Waals surface area contributed by atoms with E-state index in [0.717, 1.165) is 43.1 Å². The van der Waals surface area contributed by atoms with Crippen LogP contribution in [0.2, 0.25) is 0 Å². The van der Waals surface area contributed by atoms with Gasteiger partial charge in [0.25, 0.3) is 0 Å². The molecule has 150 valence electrons. The fourth-order valence-corrected chi connectivity index (χ4v) is 2.88. The highest BCUT2D eigenvalue weighted by Crippen LogP contribution is 2.27. The van der Waals surface area contributed by atoms with Crippen molar-refractivity contribution >= 4 is 36.4 Å². The number of hydrogen-bond donors (Lipinski definition) is 2. The lowest BCUT2D eigenvalue weighted by atomic mass is 9.99. The number of hydrogen-bond acceptors (Lipinski definition) is 5. The molecule has 1 aromatic rings. The molecule has 8 heteroatoms. The van der Waals surface area contributed by atoms with Crippen LogP contribution >= 0.6 is 24.8 Å². The van der Waals surface area contributed by atoms with Gasteiger partial charge in [-0.05, 0) is 19.8 Å². The van der Waals surface area contributed by atoms with E-state index in [2.05, 4.69) is 5.32 Å². The van der Waals surface area contributed by atoms with Gasteiger partial charge in [0.15, 0.2) is 0 Å². The molecule has 0 spiro atoms. The first-order valence-corrected chi connectivity index (χ1v) is 8.48. The molecule has 0 saturated carbocycles. The van der Waals surface area contributed by atoms with Crippen LogP contribution in [0.15, 0.2) is 18.2 Å². The first-order valence-electron chi connectivity index (χ1n) is 8.48. The highest BCUT2D eigenvalue weighted by molar-refractivity contribution is 5.85. The van der Waals surface area contributed by atoms with Gasteiger partial charge >= 0.3 is 0 Å². The van der Waals surface area contributed by atoms with E-state index in [-0.39, 0.29) is 42.7 Å². The predicted octanol–water partition coefficient (Wildman–Crippen LogP) is 2.93. The van der Waals surface area contributed by atoms with E-state index in [9.17, 15) is 4.79 Å². The number of likely N-dealkylation sites (tertiary alicyclic amines) is 1. The zero-order chi connectivity index (χ0) is 17.7. The standard InChI is InChI=1S/C18H29N3O3.2ClH/c1-12(13(2)19)18(22)21-7-5-14(6-8-21)20-15-9-16(23-3)11-17(10-15)24-4;;/h9-14,20H,5-8,19H2,1-4H3;2*1H. The molecule has 1 heterocycles. The zero-order valence-corrected chi connectivity index (χ0v) is 17.5. The Morgan fingerprint density at radius 3 is 2.04 bits per heavy atom. The third-order valence-electron chi connectivity index (χ3n) is 4.71. The summed E-state index contributed by atoms with van der Waals surface area (Å²) in [6, 6.07) is 5.98. The van der Waals surface area contributed by atoms with Crippen LogP contribution in [-0.4, -0.2) is 50.2 Å². The summed E-state index contributed by atoms with van der Waals surface area (Å²) in [5.74, 6) is 1.55. The van der Waals surface area contributed by atoms with Gasteiger partial charge in [-0.15, -0.1) is 24.8 Å². The second kappa shape index (κ2) is 11.4. The van der Waals surface area contributed by atoms with Crippen LogP contribution in [0.4, 0.5) is 5.69 Å². The Bertz CT molecular complexity index is 542. The number of carbonyl (C=O) groups excluding carboxylic acids is 1. The molecule has 1 aliphatic rings. The maximum absolute atomic E-state index is 12.4. The number of rotatable bonds is 6. The van der Waals surface area contributed by atoms with Crippen molar-refractivity contribution in [2.45, 2.75) is 38.8 Å². The van der Waals surface area contributed by atoms with E-state index < -0.39 is 0 Å². The second-order valence-corrected chi connectivity index (χ2v) is 6.49. The van der Waals surface area contributed by atoms with Crippen molar-refractivity contribution in [2.24, 2.45) is 11.7 Å². The number of methoxy groups -OCH3 is 2. The lowest BCUT2D eigenvalue weighted by Gasteiger charge is -2.35. The van der Waals surface area contributed by atoms with E-state index in [0.29, 0.717) is 6.04 Å². The lowest BCUT2D eigenvalue weighted by molar-refractivity contribution is -0.136. The summed E-state index contributed by atoms with van der Waals surface area (Å²) in [6.45, 7) is 5.30. The lowest BCUT2D eigenvalue weighted by Crippen LogP contribution is -2.47. The van der Waals surface area contributed by atoms with E-state index >= 15 is 0 Å². The van der Waals surface area contributed by atoms with Gasteiger partial charge in [-0.2, -0.15) is 0 Å². The van der Waals surface area contributed by atoms with Gasteiger partial charge in [0.2, 0.25) is 5.91 Å². The van der Waals surface area contributed by atoms with Crippen LogP contribution in [0.5, 0.6) is 11.5 Å². The Morgan fingerprint density at radius 1 is 1.12 bits per heavy atom. The molecule has 2 atom stereocenters. The van der Waals surface area contributed by atoms with E-state index in [1.165, 1.54) is 0 Å². The number of nitrogens with two attached hydrogens (primary N) is 1. The first kappa shape index (κ1) is 24.6. The average molecular weight is 408 g/mol. The van der Waals surface area contributed by atoms with Crippen molar-refractivity contribution in [1.82, 2.24) is 4.90 Å². The SMILES string of the molecule is COc1cc(NC2CCN(C(=O)C(C)C(C)N)CC2)cc(OC)c1.Cl.Cl. The summed E-state index contributed by atoms with van der Waals surface area (Å²) in [5.41, 5.74) is 6.82. The van der Waals surface area contributed by atoms with Crippen molar-refractivity contribution in [2.75, 3.05) is 32.6 Å². The number of benzene rings is 1. The summed E-state index contributed by atoms with van der Waals surface area (Å²) in [6.07, 6.45) is 1.83. The number of nitrogens with one attached hydrogen (secondary N) is 1. The quantitative estimate of drug-likeness (QED) is 0.757. The van der Waals surface area contributed by atoms with E-state index in [1.807, 2.05) is 36.9 Å². The van der Waals surface area contributed by atoms with Gasteiger partial charge in [-0.1, -0.05) is 6.92 Å². The summed E-state index contributed by atoms with van der Waals surface area (Å²) in [5, 5.41) is 3.52. The fourth-order valence-electron chi connectivity index (χ4n) is 2.88. The molecule has 1 aromatic carbocycles. The maximum Gasteiger partial charge on any atom is 0.226 e. The summed E-state index contributed by atoms with van der Waals surface area (Å²) < 4.78 is 10.6. The topological polar surface area (TPSA) is 76.8 Å². The minimum absolute atomic E-state index is 0. The van der Waals surface area contributed by atoms with Crippen molar-refractivity contribution < 1.29 is 14.3 Å². The molecule has 3 N–H and O–H groups in total. The van der Waals surface area contributed by atoms with Gasteiger partial charge in [0.05, 0.1) is 20.1 Å². The summed E-state index contributed by atoms with van der Waals surface area (Å²) >= 11 is 0. The minimum atomic E-state index is -0.128. The van der Waals surface area contributed by atoms with Crippen LogP contribution in [-0.2, 0) is 4.79 Å². The van der Waals surface area contributed by atoms with Crippen LogP contribution < -0.4 is 20.5 Å². The molecule has 0 radical (unpaired) electrons. The average Bonchev–Trinajstić information content (AvgIpc) is 2.60. The highest BCUT2D eigenvalue weighted by atomic mass is 35.5. The monoisotopic (exact) mass is 407 g/mol. The Hall–Kier alpha value is -1.37. The molecule has 2 rings (SSSR count). The first-order chi connectivity index (χ1) is 11.4. The van der Waals surface area contributed by atoms with Gasteiger partial charge in [-0.3, -0.25) is 4.79 Å². The van der Waals surface area contributed by atoms with E-state index in [1.54, 1.807) is 14.2 Å². The molecule has 26 heavy (non-hydrogen) atoms. The van der Waals surface area contributed by atoms with Crippen LogP contribution in [0.25, 0.3) is 0 Å². The third-order valence-corrected chi connectivity index (χ3v) is 4.71. The van der Waals surface area contributed by atoms with Crippen LogP contribution in [0.3, 0.4) is 0 Å². The molecule has 1 aliphatic heterocycles. The number of carbonyl (C=O) groups is 1. The molecule has 1 fully saturated rings. The molecule has 1 saturated heterocycles. The van der Waals surface area contributed by atoms with Gasteiger partial charge < -0.3 is 25.4 Å². The fraction of sp³-hybridized carbons (Fsp3) is 0.611. The predicted molar refractivity (Wildman–Crippen MR) is 110 cm³/mol. The molecular formula is C18H31Cl2N3O3. The van der Waals surface area contributed by atoms with Gasteiger partial charge in [0, 0.05) is 49.1 Å². The van der Waals surface area contributed by atoms with Gasteiger partial charge in [0.1, 0.15) is 11.5 Å². The van der Waals surface area contributed by atoms with Crippen LogP contribution in [0, 0.1) is 5.92 Å². The minimum Gasteiger partial charge on any atom is -0.497 e. The highest BCUT2D eigenvalue weighted by Gasteiger charge is 2.27. The van der Waals surface area contributed by atoms with Crippen LogP contribution in [0.1, 0.15) is 26.7 Å². The maximum atomic E-state index is 12.4. The number of anilines is 1. The smallest absolute Gasteiger partial charge is 0.226 e. The molecule has 0 bridgehead atoms. The second-order valence-electron chi connectivity index (χ2n) is 6.49. The van der Waals surface area contributed by atoms with Crippen molar-refractivity contribution in [1.29, 1.82) is 0 Å². The molecule has 2 unspecified atom stereocenters. The molecule has 1 amide bonds. The number of piperidine rings is 1. The Labute approximate surface area is 168 Å². The summed E-state index contributed by atoms with van der Waals surface area (Å²) in [7, 11) is 3.28. The third kappa shape index (κ3) is 6.41. The largest absolute Gasteiger partial charge is 0.497 e. The molecule has 0 aliphatic carbocycles. The Kier molecular flexibility index (Phi) is 10.8.